The lowest BCUT2D eigenvalue weighted by molar-refractivity contribution is 0.600. The molecule has 0 bridgehead atoms. The third-order valence-corrected chi connectivity index (χ3v) is 5.82. The molecule has 2 aliphatic rings. The number of halogens is 1. The van der Waals surface area contributed by atoms with Gasteiger partial charge in [-0.2, -0.15) is 0 Å². The highest BCUT2D eigenvalue weighted by Crippen LogP contribution is 2.41. The van der Waals surface area contributed by atoms with E-state index in [0.717, 1.165) is 11.2 Å². The second-order valence-corrected chi connectivity index (χ2v) is 7.24. The Morgan fingerprint density at radius 1 is 1.29 bits per heavy atom. The molecule has 1 aliphatic heterocycles. The molecule has 2 unspecified atom stereocenters. The Kier molecular flexibility index (Phi) is 3.67. The van der Waals surface area contributed by atoms with E-state index < -0.39 is 0 Å². The van der Waals surface area contributed by atoms with Crippen LogP contribution in [0.4, 0.5) is 0 Å². The van der Waals surface area contributed by atoms with Crippen LogP contribution in [0.1, 0.15) is 37.7 Å². The van der Waals surface area contributed by atoms with E-state index in [0.29, 0.717) is 5.38 Å². The van der Waals surface area contributed by atoms with Crippen molar-refractivity contribution in [3.63, 3.8) is 0 Å². The molecule has 92 valence electrons. The van der Waals surface area contributed by atoms with Gasteiger partial charge in [0.15, 0.2) is 0 Å². The lowest BCUT2D eigenvalue weighted by Gasteiger charge is -2.10. The van der Waals surface area contributed by atoms with Crippen LogP contribution in [0, 0.1) is 5.92 Å². The number of fused-ring (bicyclic) bond motifs is 1. The van der Waals surface area contributed by atoms with Crippen LogP contribution in [-0.2, 0) is 6.42 Å². The number of benzene rings is 1. The normalized spacial score (nSPS) is 24.6. The zero-order valence-electron chi connectivity index (χ0n) is 10.1. The molecule has 0 amide bonds. The van der Waals surface area contributed by atoms with E-state index in [-0.39, 0.29) is 0 Å². The Morgan fingerprint density at radius 2 is 2.12 bits per heavy atom. The molecule has 0 spiro atoms. The van der Waals surface area contributed by atoms with Crippen LogP contribution in [0.3, 0.4) is 0 Å². The van der Waals surface area contributed by atoms with Crippen LogP contribution < -0.4 is 0 Å². The highest BCUT2D eigenvalue weighted by molar-refractivity contribution is 8.00. The number of hydrogen-bond donors (Lipinski definition) is 0. The second kappa shape index (κ2) is 5.24. The van der Waals surface area contributed by atoms with Crippen LogP contribution in [0.5, 0.6) is 0 Å². The van der Waals surface area contributed by atoms with Crippen molar-refractivity contribution in [3.05, 3.63) is 29.8 Å². The van der Waals surface area contributed by atoms with E-state index in [1.54, 1.807) is 5.56 Å². The van der Waals surface area contributed by atoms with Crippen LogP contribution >= 0.6 is 23.4 Å². The van der Waals surface area contributed by atoms with Gasteiger partial charge in [0.2, 0.25) is 0 Å². The van der Waals surface area contributed by atoms with Gasteiger partial charge >= 0.3 is 0 Å². The minimum Gasteiger partial charge on any atom is -0.123 e. The van der Waals surface area contributed by atoms with Gasteiger partial charge in [-0.25, -0.2) is 0 Å². The quantitative estimate of drug-likeness (QED) is 0.684. The van der Waals surface area contributed by atoms with Crippen molar-refractivity contribution in [1.29, 1.82) is 0 Å². The predicted octanol–water partition coefficient (Wildman–Crippen LogP) is 4.89. The standard InChI is InChI=1S/C15H19ClS/c16-14(11-8-9-11)6-3-5-13-10-12-4-1-2-7-15(12)17-13/h1-2,4,7,11,13-14H,3,5-6,8-10H2. The van der Waals surface area contributed by atoms with Gasteiger partial charge in [0.05, 0.1) is 0 Å². The van der Waals surface area contributed by atoms with Gasteiger partial charge in [-0.1, -0.05) is 24.6 Å². The fourth-order valence-corrected chi connectivity index (χ4v) is 4.42. The van der Waals surface area contributed by atoms with Gasteiger partial charge in [-0.3, -0.25) is 0 Å². The summed E-state index contributed by atoms with van der Waals surface area (Å²) in [7, 11) is 0. The minimum absolute atomic E-state index is 0.462. The Hall–Kier alpha value is -0.140. The summed E-state index contributed by atoms with van der Waals surface area (Å²) in [6, 6.07) is 8.84. The zero-order valence-corrected chi connectivity index (χ0v) is 11.6. The lowest BCUT2D eigenvalue weighted by Crippen LogP contribution is -2.05. The van der Waals surface area contributed by atoms with E-state index in [9.17, 15) is 0 Å². The third-order valence-electron chi connectivity index (χ3n) is 3.85. The molecule has 1 aromatic carbocycles. The first kappa shape index (κ1) is 11.9. The molecule has 0 N–H and O–H groups in total. The highest BCUT2D eigenvalue weighted by atomic mass is 35.5. The SMILES string of the molecule is ClC(CCCC1Cc2ccccc2S1)C1CC1. The number of rotatable bonds is 5. The van der Waals surface area contributed by atoms with E-state index in [1.165, 1.54) is 43.4 Å². The van der Waals surface area contributed by atoms with Crippen LogP contribution in [-0.4, -0.2) is 10.6 Å². The van der Waals surface area contributed by atoms with Crippen molar-refractivity contribution < 1.29 is 0 Å². The van der Waals surface area contributed by atoms with Gasteiger partial charge < -0.3 is 0 Å². The molecule has 3 rings (SSSR count). The molecule has 1 fully saturated rings. The van der Waals surface area contributed by atoms with Crippen LogP contribution in [0.15, 0.2) is 29.2 Å². The third kappa shape index (κ3) is 3.00. The monoisotopic (exact) mass is 266 g/mol. The van der Waals surface area contributed by atoms with Gasteiger partial charge in [-0.15, -0.1) is 23.4 Å². The Balaban J connectivity index is 1.43. The van der Waals surface area contributed by atoms with Crippen molar-refractivity contribution in [2.24, 2.45) is 5.92 Å². The summed E-state index contributed by atoms with van der Waals surface area (Å²) in [6.07, 6.45) is 7.86. The summed E-state index contributed by atoms with van der Waals surface area (Å²) >= 11 is 8.41. The van der Waals surface area contributed by atoms with Crippen molar-refractivity contribution in [1.82, 2.24) is 0 Å². The smallest absolute Gasteiger partial charge is 0.0364 e. The molecular weight excluding hydrogens is 248 g/mol. The first-order chi connectivity index (χ1) is 8.33. The van der Waals surface area contributed by atoms with Crippen molar-refractivity contribution in [2.75, 3.05) is 0 Å². The van der Waals surface area contributed by atoms with E-state index in [2.05, 4.69) is 36.0 Å². The van der Waals surface area contributed by atoms with Crippen molar-refractivity contribution in [2.45, 2.75) is 54.0 Å². The number of alkyl halides is 1. The maximum atomic E-state index is 6.35. The highest BCUT2D eigenvalue weighted by Gasteiger charge is 2.29. The number of hydrogen-bond acceptors (Lipinski definition) is 1. The topological polar surface area (TPSA) is 0 Å². The second-order valence-electron chi connectivity index (χ2n) is 5.34. The summed E-state index contributed by atoms with van der Waals surface area (Å²) in [5.74, 6) is 0.852. The van der Waals surface area contributed by atoms with E-state index >= 15 is 0 Å². The molecule has 1 saturated carbocycles. The van der Waals surface area contributed by atoms with Gasteiger partial charge in [0.1, 0.15) is 0 Å². The Bertz CT molecular complexity index is 361. The molecule has 2 heteroatoms. The maximum absolute atomic E-state index is 6.35. The molecule has 0 nitrogen and oxygen atoms in total. The summed E-state index contributed by atoms with van der Waals surface area (Å²) in [5.41, 5.74) is 1.55. The lowest BCUT2D eigenvalue weighted by atomic mass is 10.0. The maximum Gasteiger partial charge on any atom is 0.0364 e. The van der Waals surface area contributed by atoms with Crippen molar-refractivity contribution >= 4 is 23.4 Å². The van der Waals surface area contributed by atoms with Crippen LogP contribution in [0.2, 0.25) is 0 Å². The molecule has 0 radical (unpaired) electrons. The molecule has 17 heavy (non-hydrogen) atoms. The van der Waals surface area contributed by atoms with Gasteiger partial charge in [0, 0.05) is 15.5 Å². The fraction of sp³-hybridized carbons (Fsp3) is 0.600. The summed E-state index contributed by atoms with van der Waals surface area (Å²) in [6.45, 7) is 0. The molecule has 1 heterocycles. The molecular formula is C15H19ClS. The largest absolute Gasteiger partial charge is 0.123 e. The first-order valence-corrected chi connectivity index (χ1v) is 8.03. The average Bonchev–Trinajstić information content (AvgIpc) is 3.09. The molecule has 1 aliphatic carbocycles. The zero-order chi connectivity index (χ0) is 11.7. The average molecular weight is 267 g/mol. The molecule has 1 aromatic rings. The predicted molar refractivity (Wildman–Crippen MR) is 76.0 cm³/mol. The van der Waals surface area contributed by atoms with Crippen molar-refractivity contribution in [3.8, 4) is 0 Å². The fourth-order valence-electron chi connectivity index (χ4n) is 2.65. The summed E-state index contributed by atoms with van der Waals surface area (Å²) < 4.78 is 0. The summed E-state index contributed by atoms with van der Waals surface area (Å²) in [4.78, 5) is 1.50. The number of thioether (sulfide) groups is 1. The molecule has 2 atom stereocenters. The molecule has 0 aromatic heterocycles. The Morgan fingerprint density at radius 3 is 2.88 bits per heavy atom. The minimum atomic E-state index is 0.462. The van der Waals surface area contributed by atoms with Crippen LogP contribution in [0.25, 0.3) is 0 Å². The first-order valence-electron chi connectivity index (χ1n) is 6.71. The van der Waals surface area contributed by atoms with Gasteiger partial charge in [-0.05, 0) is 49.7 Å². The van der Waals surface area contributed by atoms with Gasteiger partial charge in [0.25, 0.3) is 0 Å². The van der Waals surface area contributed by atoms with E-state index in [1.807, 2.05) is 0 Å². The Labute approximate surface area is 113 Å². The summed E-state index contributed by atoms with van der Waals surface area (Å²) in [5, 5.41) is 1.26. The van der Waals surface area contributed by atoms with E-state index in [4.69, 9.17) is 11.6 Å². The molecule has 0 saturated heterocycles.